The van der Waals surface area contributed by atoms with E-state index in [0.29, 0.717) is 0 Å². The van der Waals surface area contributed by atoms with Crippen LogP contribution in [0.4, 0.5) is 0 Å². The molecule has 2 heterocycles. The monoisotopic (exact) mass is 244 g/mol. The Kier molecular flexibility index (Phi) is 1.81. The summed E-state index contributed by atoms with van der Waals surface area (Å²) in [6, 6.07) is 1.89. The fraction of sp³-hybridized carbons (Fsp3) is 0.125. The molecular weight excluding hydrogens is 238 g/mol. The first-order valence-electron chi connectivity index (χ1n) is 3.47. The van der Waals surface area contributed by atoms with Gasteiger partial charge in [-0.2, -0.15) is 0 Å². The number of pyridine rings is 1. The number of rotatable bonds is 0. The Morgan fingerprint density at radius 1 is 1.58 bits per heavy atom. The van der Waals surface area contributed by atoms with Crippen molar-refractivity contribution in [2.45, 2.75) is 6.92 Å². The van der Waals surface area contributed by atoms with Gasteiger partial charge in [0.2, 0.25) is 12.4 Å². The summed E-state index contributed by atoms with van der Waals surface area (Å²) in [4.78, 5) is 1.23. The van der Waals surface area contributed by atoms with Crippen molar-refractivity contribution in [3.8, 4) is 0 Å². The normalized spacial score (nSPS) is 10.8. The second-order valence-electron chi connectivity index (χ2n) is 2.58. The lowest BCUT2D eigenvalue weighted by molar-refractivity contribution is -0.903. The van der Waals surface area contributed by atoms with Crippen LogP contribution in [0.5, 0.6) is 0 Å². The van der Waals surface area contributed by atoms with Gasteiger partial charge in [-0.3, -0.25) is 5.21 Å². The van der Waals surface area contributed by atoms with Crippen LogP contribution >= 0.6 is 27.3 Å². The van der Waals surface area contributed by atoms with Gasteiger partial charge in [-0.1, -0.05) is 0 Å². The molecule has 2 nitrogen and oxygen atoms in total. The van der Waals surface area contributed by atoms with Crippen molar-refractivity contribution in [2.24, 2.45) is 0 Å². The van der Waals surface area contributed by atoms with Gasteiger partial charge in [0.15, 0.2) is 0 Å². The third-order valence-electron chi connectivity index (χ3n) is 1.72. The van der Waals surface area contributed by atoms with Gasteiger partial charge in [-0.05, 0) is 22.9 Å². The molecule has 0 radical (unpaired) electrons. The topological polar surface area (TPSA) is 24.1 Å². The lowest BCUT2D eigenvalue weighted by atomic mass is 10.3. The van der Waals surface area contributed by atoms with E-state index >= 15 is 0 Å². The fourth-order valence-electron chi connectivity index (χ4n) is 1.13. The first-order chi connectivity index (χ1) is 5.68. The van der Waals surface area contributed by atoms with Crippen LogP contribution in [0.3, 0.4) is 0 Å². The Labute approximate surface area is 82.2 Å². The van der Waals surface area contributed by atoms with Crippen LogP contribution < -0.4 is 4.73 Å². The fourth-order valence-corrected chi connectivity index (χ4v) is 2.82. The number of hydrogen-bond acceptors (Lipinski definition) is 2. The van der Waals surface area contributed by atoms with Gasteiger partial charge in [0.1, 0.15) is 4.70 Å². The van der Waals surface area contributed by atoms with Crippen LogP contribution in [-0.4, -0.2) is 5.21 Å². The van der Waals surface area contributed by atoms with Crippen LogP contribution in [0, 0.1) is 6.92 Å². The maximum atomic E-state index is 9.14. The lowest BCUT2D eigenvalue weighted by Gasteiger charge is -1.85. The minimum absolute atomic E-state index is 1.07. The zero-order chi connectivity index (χ0) is 8.72. The van der Waals surface area contributed by atoms with E-state index in [1.54, 1.807) is 23.7 Å². The molecule has 2 rings (SSSR count). The number of fused-ring (bicyclic) bond motifs is 1. The molecule has 0 unspecified atom stereocenters. The summed E-state index contributed by atoms with van der Waals surface area (Å²) in [5.74, 6) is 0. The third kappa shape index (κ3) is 1.11. The molecule has 62 valence electrons. The SMILES string of the molecule is Cc1sc2c[n+](O)ccc2c1Br. The molecular formula is C8H7BrNOS+. The predicted octanol–water partition coefficient (Wildman–Crippen LogP) is 2.50. The van der Waals surface area contributed by atoms with Crippen LogP contribution in [0.15, 0.2) is 22.9 Å². The molecule has 0 fully saturated rings. The van der Waals surface area contributed by atoms with E-state index in [2.05, 4.69) is 22.9 Å². The van der Waals surface area contributed by atoms with E-state index in [9.17, 15) is 0 Å². The van der Waals surface area contributed by atoms with Crippen molar-refractivity contribution in [1.82, 2.24) is 0 Å². The molecule has 0 amide bonds. The van der Waals surface area contributed by atoms with Gasteiger partial charge in [-0.25, -0.2) is 0 Å². The molecule has 2 aromatic heterocycles. The lowest BCUT2D eigenvalue weighted by Crippen LogP contribution is -2.27. The molecule has 0 aromatic carbocycles. The van der Waals surface area contributed by atoms with Crippen molar-refractivity contribution in [3.63, 3.8) is 0 Å². The average Bonchev–Trinajstić information content (AvgIpc) is 2.28. The molecule has 2 aromatic rings. The molecule has 12 heavy (non-hydrogen) atoms. The summed E-state index contributed by atoms with van der Waals surface area (Å²) in [6.45, 7) is 2.05. The second-order valence-corrected chi connectivity index (χ2v) is 4.62. The number of halogens is 1. The Balaban J connectivity index is 2.87. The summed E-state index contributed by atoms with van der Waals surface area (Å²) in [6.07, 6.45) is 3.33. The predicted molar refractivity (Wildman–Crippen MR) is 51.6 cm³/mol. The molecule has 0 saturated heterocycles. The number of aryl methyl sites for hydroxylation is 1. The van der Waals surface area contributed by atoms with E-state index in [1.165, 1.54) is 4.88 Å². The largest absolute Gasteiger partial charge is 0.285 e. The second kappa shape index (κ2) is 2.71. The number of thiophene rings is 1. The van der Waals surface area contributed by atoms with E-state index < -0.39 is 0 Å². The third-order valence-corrected chi connectivity index (χ3v) is 4.06. The minimum atomic E-state index is 1.07. The maximum absolute atomic E-state index is 9.14. The van der Waals surface area contributed by atoms with Gasteiger partial charge in [-0.15, -0.1) is 11.3 Å². The average molecular weight is 245 g/mol. The minimum Gasteiger partial charge on any atom is -0.285 e. The van der Waals surface area contributed by atoms with Gasteiger partial charge >= 0.3 is 0 Å². The number of aromatic nitrogens is 1. The summed E-state index contributed by atoms with van der Waals surface area (Å²) < 4.78 is 3.29. The van der Waals surface area contributed by atoms with Crippen LogP contribution in [-0.2, 0) is 0 Å². The Morgan fingerprint density at radius 2 is 2.33 bits per heavy atom. The smallest absolute Gasteiger partial charge is 0.240 e. The molecule has 1 N–H and O–H groups in total. The van der Waals surface area contributed by atoms with E-state index in [4.69, 9.17) is 5.21 Å². The summed E-state index contributed by atoms with van der Waals surface area (Å²) in [7, 11) is 0. The van der Waals surface area contributed by atoms with Crippen LogP contribution in [0.1, 0.15) is 4.88 Å². The Hall–Kier alpha value is -0.610. The van der Waals surface area contributed by atoms with Crippen molar-refractivity contribution < 1.29 is 9.94 Å². The van der Waals surface area contributed by atoms with Crippen molar-refractivity contribution in [3.05, 3.63) is 27.8 Å². The van der Waals surface area contributed by atoms with E-state index in [-0.39, 0.29) is 0 Å². The van der Waals surface area contributed by atoms with Crippen molar-refractivity contribution in [1.29, 1.82) is 0 Å². The Bertz CT molecular complexity index is 438. The summed E-state index contributed by atoms with van der Waals surface area (Å²) >= 11 is 5.16. The highest BCUT2D eigenvalue weighted by molar-refractivity contribution is 9.10. The first kappa shape index (κ1) is 8.01. The van der Waals surface area contributed by atoms with E-state index in [0.717, 1.165) is 19.3 Å². The molecule has 0 atom stereocenters. The highest BCUT2D eigenvalue weighted by atomic mass is 79.9. The zero-order valence-corrected chi connectivity index (χ0v) is 8.82. The Morgan fingerprint density at radius 3 is 3.08 bits per heavy atom. The summed E-state index contributed by atoms with van der Waals surface area (Å²) in [5.41, 5.74) is 0. The molecule has 0 bridgehead atoms. The van der Waals surface area contributed by atoms with Gasteiger partial charge in [0.05, 0.1) is 0 Å². The standard InChI is InChI=1S/C8H7BrNOS/c1-5-8(9)6-2-3-10(11)4-7(6)12-5/h2-4,11H,1H3/q+1. The quantitative estimate of drug-likeness (QED) is 0.559. The first-order valence-corrected chi connectivity index (χ1v) is 5.08. The molecule has 0 aliphatic carbocycles. The highest BCUT2D eigenvalue weighted by Crippen LogP contribution is 2.33. The van der Waals surface area contributed by atoms with Gasteiger partial charge in [0.25, 0.3) is 0 Å². The van der Waals surface area contributed by atoms with Gasteiger partial charge < -0.3 is 0 Å². The molecule has 0 saturated carbocycles. The molecule has 0 spiro atoms. The summed E-state index contributed by atoms with van der Waals surface area (Å²) in [5, 5.41) is 10.3. The zero-order valence-electron chi connectivity index (χ0n) is 6.41. The molecule has 0 aliphatic heterocycles. The van der Waals surface area contributed by atoms with Crippen LogP contribution in [0.25, 0.3) is 10.1 Å². The van der Waals surface area contributed by atoms with Gasteiger partial charge in [0, 0.05) is 25.5 Å². The maximum Gasteiger partial charge on any atom is 0.240 e. The molecule has 0 aliphatic rings. The molecule has 4 heteroatoms. The van der Waals surface area contributed by atoms with E-state index in [1.807, 2.05) is 6.07 Å². The van der Waals surface area contributed by atoms with Crippen molar-refractivity contribution in [2.75, 3.05) is 0 Å². The highest BCUT2D eigenvalue weighted by Gasteiger charge is 2.09. The van der Waals surface area contributed by atoms with Crippen molar-refractivity contribution >= 4 is 37.4 Å². The van der Waals surface area contributed by atoms with Crippen LogP contribution in [0.2, 0.25) is 0 Å². The number of nitrogens with zero attached hydrogens (tertiary/aromatic N) is 1. The number of hydrogen-bond donors (Lipinski definition) is 1.